The van der Waals surface area contributed by atoms with E-state index in [1.807, 2.05) is 46.7 Å². The second kappa shape index (κ2) is 5.31. The molecule has 0 radical (unpaired) electrons. The molecular weight excluding hydrogens is 271 g/mol. The number of hydrogen-bond acceptors (Lipinski definition) is 1. The number of rotatable bonds is 2. The Morgan fingerprint density at radius 1 is 1.25 bits per heavy atom. The Balaban J connectivity index is 2.79. The van der Waals surface area contributed by atoms with E-state index in [0.29, 0.717) is 0 Å². The van der Waals surface area contributed by atoms with Crippen LogP contribution >= 0.6 is 17.0 Å². The Morgan fingerprint density at radius 2 is 1.83 bits per heavy atom. The molecule has 0 fully saturated rings. The van der Waals surface area contributed by atoms with Crippen molar-refractivity contribution in [1.29, 1.82) is 0 Å². The van der Waals surface area contributed by atoms with Crippen LogP contribution in [0.15, 0.2) is 30.3 Å². The van der Waals surface area contributed by atoms with Crippen LogP contribution in [0, 0.1) is 0 Å². The third kappa shape index (κ3) is 3.51. The van der Waals surface area contributed by atoms with Crippen molar-refractivity contribution in [2.24, 2.45) is 0 Å². The third-order valence-electron chi connectivity index (χ3n) is 1.45. The van der Waals surface area contributed by atoms with Gasteiger partial charge in [0, 0.05) is 0 Å². The van der Waals surface area contributed by atoms with Gasteiger partial charge in [0.05, 0.1) is 0 Å². The Labute approximate surface area is 87.5 Å². The molecular formula is C7H8BCl2NZr. The predicted molar refractivity (Wildman–Crippen MR) is 52.3 cm³/mol. The molecule has 1 nitrogen and oxygen atoms in total. The number of anilines is 1. The molecule has 12 heavy (non-hydrogen) atoms. The first-order valence-corrected chi connectivity index (χ1v) is 11.3. The molecule has 0 spiro atoms. The van der Waals surface area contributed by atoms with Crippen LogP contribution in [0.4, 0.5) is 5.69 Å². The Bertz CT molecular complexity index is 274. The van der Waals surface area contributed by atoms with Gasteiger partial charge >= 0.3 is 88.0 Å². The van der Waals surface area contributed by atoms with Gasteiger partial charge in [0.2, 0.25) is 0 Å². The minimum atomic E-state index is -2.15. The molecule has 0 bridgehead atoms. The van der Waals surface area contributed by atoms with E-state index in [1.165, 1.54) is 0 Å². The Hall–Kier alpha value is 0.548. The van der Waals surface area contributed by atoms with Gasteiger partial charge in [0.1, 0.15) is 0 Å². The van der Waals surface area contributed by atoms with E-state index in [1.54, 1.807) is 0 Å². The molecule has 0 aliphatic carbocycles. The standard InChI is InChI=1S/C7H8BN.2ClH.Zr/c1-9(8)7-5-3-2-4-6-7;;;/h2-6H,1H3;2*1H;/q;;;+2/p-2. The Morgan fingerprint density at radius 3 is 2.33 bits per heavy atom. The second-order valence-corrected chi connectivity index (χ2v) is 10.4. The average molecular weight is 279 g/mol. The summed E-state index contributed by atoms with van der Waals surface area (Å²) in [5.41, 5.74) is 1.12. The van der Waals surface area contributed by atoms with E-state index in [2.05, 4.69) is 0 Å². The van der Waals surface area contributed by atoms with Crippen LogP contribution < -0.4 is 4.81 Å². The van der Waals surface area contributed by atoms with Crippen molar-refractivity contribution in [3.05, 3.63) is 30.3 Å². The maximum atomic E-state index is 5.79. The van der Waals surface area contributed by atoms with Gasteiger partial charge in [0.15, 0.2) is 0 Å². The summed E-state index contributed by atoms with van der Waals surface area (Å²) in [6.45, 7) is 0. The van der Waals surface area contributed by atoms with Gasteiger partial charge in [-0.1, -0.05) is 0 Å². The van der Waals surface area contributed by atoms with Crippen molar-refractivity contribution in [3.63, 3.8) is 0 Å². The number of para-hydroxylation sites is 1. The molecule has 0 heterocycles. The molecule has 0 atom stereocenters. The number of halogens is 2. The van der Waals surface area contributed by atoms with Crippen LogP contribution in [0.2, 0.25) is 0 Å². The first kappa shape index (κ1) is 10.6. The summed E-state index contributed by atoms with van der Waals surface area (Å²) >= 11 is -2.15. The van der Waals surface area contributed by atoms with Gasteiger partial charge in [-0.05, 0) is 0 Å². The number of nitrogens with zero attached hydrogens (tertiary/aromatic N) is 1. The fraction of sp³-hybridized carbons (Fsp3) is 0.143. The van der Waals surface area contributed by atoms with Gasteiger partial charge in [-0.25, -0.2) is 0 Å². The molecule has 62 valence electrons. The molecule has 0 aliphatic heterocycles. The van der Waals surface area contributed by atoms with E-state index in [9.17, 15) is 0 Å². The quantitative estimate of drug-likeness (QED) is 0.752. The normalized spacial score (nSPS) is 8.92. The zero-order valence-corrected chi connectivity index (χ0v) is 10.6. The van der Waals surface area contributed by atoms with Crippen molar-refractivity contribution >= 4 is 27.2 Å². The van der Waals surface area contributed by atoms with E-state index in [-0.39, 0.29) is 0 Å². The monoisotopic (exact) mass is 277 g/mol. The third-order valence-corrected chi connectivity index (χ3v) is 4.04. The van der Waals surface area contributed by atoms with Crippen molar-refractivity contribution in [3.8, 4) is 0 Å². The molecule has 0 N–H and O–H groups in total. The summed E-state index contributed by atoms with van der Waals surface area (Å²) < 4.78 is 1.93. The zero-order valence-electron chi connectivity index (χ0n) is 6.67. The summed E-state index contributed by atoms with van der Waals surface area (Å²) in [5.74, 6) is 0. The fourth-order valence-corrected chi connectivity index (χ4v) is 3.70. The first-order chi connectivity index (χ1) is 5.70. The van der Waals surface area contributed by atoms with Gasteiger partial charge in [0.25, 0.3) is 0 Å². The van der Waals surface area contributed by atoms with Crippen LogP contribution in [0.3, 0.4) is 0 Å². The molecule has 5 heteroatoms. The average Bonchev–Trinajstić information content (AvgIpc) is 2.05. The second-order valence-electron chi connectivity index (χ2n) is 2.37. The van der Waals surface area contributed by atoms with Crippen LogP contribution in [0.1, 0.15) is 0 Å². The number of benzene rings is 1. The van der Waals surface area contributed by atoms with E-state index in [0.717, 1.165) is 5.69 Å². The molecule has 0 aromatic heterocycles. The van der Waals surface area contributed by atoms with Crippen molar-refractivity contribution in [2.45, 2.75) is 0 Å². The first-order valence-electron chi connectivity index (χ1n) is 3.51. The van der Waals surface area contributed by atoms with Gasteiger partial charge in [-0.3, -0.25) is 0 Å². The molecule has 0 amide bonds. The van der Waals surface area contributed by atoms with E-state index in [4.69, 9.17) is 17.0 Å². The van der Waals surface area contributed by atoms with Gasteiger partial charge in [-0.2, -0.15) is 0 Å². The maximum absolute atomic E-state index is 5.79. The van der Waals surface area contributed by atoms with Crippen LogP contribution in [-0.4, -0.2) is 11.6 Å². The summed E-state index contributed by atoms with van der Waals surface area (Å²) in [6, 6.07) is 10.0. The van der Waals surface area contributed by atoms with Gasteiger partial charge in [-0.15, -0.1) is 0 Å². The predicted octanol–water partition coefficient (Wildman–Crippen LogP) is 2.58. The molecule has 0 aliphatic rings. The minimum absolute atomic E-state index is 1.12. The van der Waals surface area contributed by atoms with Gasteiger partial charge < -0.3 is 0 Å². The molecule has 0 saturated heterocycles. The summed E-state index contributed by atoms with van der Waals surface area (Å²) in [6.07, 6.45) is 0. The number of hydrogen-bond donors (Lipinski definition) is 0. The molecule has 0 unspecified atom stereocenters. The molecule has 0 saturated carbocycles. The summed E-state index contributed by atoms with van der Waals surface area (Å²) in [7, 11) is 13.5. The fourth-order valence-electron chi connectivity index (χ4n) is 0.884. The summed E-state index contributed by atoms with van der Waals surface area (Å²) in [5, 5.41) is 0. The zero-order chi connectivity index (χ0) is 8.97. The van der Waals surface area contributed by atoms with Crippen molar-refractivity contribution < 1.29 is 18.6 Å². The molecule has 1 rings (SSSR count). The van der Waals surface area contributed by atoms with E-state index >= 15 is 0 Å². The van der Waals surface area contributed by atoms with Crippen LogP contribution in [0.5, 0.6) is 0 Å². The summed E-state index contributed by atoms with van der Waals surface area (Å²) in [4.78, 5) is 1.98. The molecule has 1 aromatic rings. The van der Waals surface area contributed by atoms with Crippen LogP contribution in [0.25, 0.3) is 0 Å². The topological polar surface area (TPSA) is 3.24 Å². The van der Waals surface area contributed by atoms with Crippen molar-refractivity contribution in [2.75, 3.05) is 11.9 Å². The van der Waals surface area contributed by atoms with E-state index < -0.39 is 18.6 Å². The Kier molecular flexibility index (Phi) is 4.71. The SMILES string of the molecule is CN([B]=[Zr]([Cl])[Cl])c1ccccc1. The van der Waals surface area contributed by atoms with Crippen molar-refractivity contribution in [1.82, 2.24) is 0 Å². The molecule has 1 aromatic carbocycles. The van der Waals surface area contributed by atoms with Crippen LogP contribution in [-0.2, 0) is 18.6 Å².